The number of nitrogens with zero attached hydrogens (tertiary/aromatic N) is 2. The summed E-state index contributed by atoms with van der Waals surface area (Å²) >= 11 is 0. The van der Waals surface area contributed by atoms with Crippen molar-refractivity contribution in [3.05, 3.63) is 24.4 Å². The van der Waals surface area contributed by atoms with Gasteiger partial charge in [0.25, 0.3) is 0 Å². The van der Waals surface area contributed by atoms with Gasteiger partial charge in [-0.15, -0.1) is 0 Å². The van der Waals surface area contributed by atoms with Crippen LogP contribution < -0.4 is 0 Å². The van der Waals surface area contributed by atoms with Crippen LogP contribution in [0.1, 0.15) is 13.8 Å². The van der Waals surface area contributed by atoms with Gasteiger partial charge < -0.3 is 0 Å². The predicted octanol–water partition coefficient (Wildman–Crippen LogP) is 2.24. The number of allylic oxidation sites excluding steroid dienone is 1. The summed E-state index contributed by atoms with van der Waals surface area (Å²) in [7, 11) is 0. The second-order valence-corrected chi connectivity index (χ2v) is 2.15. The average molecular weight is 150 g/mol. The Morgan fingerprint density at radius 3 is 2.45 bits per heavy atom. The lowest BCUT2D eigenvalue weighted by Gasteiger charge is -1.92. The van der Waals surface area contributed by atoms with Crippen LogP contribution in [-0.2, 0) is 0 Å². The molecule has 0 heterocycles. The summed E-state index contributed by atoms with van der Waals surface area (Å²) in [5.41, 5.74) is 1.58. The van der Waals surface area contributed by atoms with Crippen LogP contribution in [-0.4, -0.2) is 19.0 Å². The summed E-state index contributed by atoms with van der Waals surface area (Å²) in [4.78, 5) is 7.95. The molecule has 0 rings (SSSR count). The van der Waals surface area contributed by atoms with Gasteiger partial charge >= 0.3 is 0 Å². The number of hydrogen-bond acceptors (Lipinski definition) is 2. The standard InChI is InChI=1S/C9H14N2/c1-5-10-6-7-11-9(4)8(2)3/h6-7H,2,4-5H2,1,3H3. The Hall–Kier alpha value is -1.18. The van der Waals surface area contributed by atoms with Crippen molar-refractivity contribution in [3.8, 4) is 0 Å². The van der Waals surface area contributed by atoms with E-state index < -0.39 is 0 Å². The first kappa shape index (κ1) is 9.82. The van der Waals surface area contributed by atoms with E-state index in [0.717, 1.165) is 12.1 Å². The van der Waals surface area contributed by atoms with Crippen LogP contribution in [0.2, 0.25) is 0 Å². The fourth-order valence-corrected chi connectivity index (χ4v) is 0.386. The van der Waals surface area contributed by atoms with Gasteiger partial charge in [0.15, 0.2) is 0 Å². The number of aliphatic imine (C=N–C) groups is 2. The van der Waals surface area contributed by atoms with Crippen LogP contribution in [0, 0.1) is 0 Å². The van der Waals surface area contributed by atoms with Gasteiger partial charge in [-0.25, -0.2) is 0 Å². The molecule has 0 fully saturated rings. The molecule has 0 bridgehead atoms. The maximum atomic E-state index is 3.99. The SMILES string of the molecule is C=C(C)C(=C)N=CC=NCC. The summed E-state index contributed by atoms with van der Waals surface area (Å²) in [5, 5.41) is 0. The second kappa shape index (κ2) is 5.59. The molecule has 0 aliphatic carbocycles. The molecule has 0 radical (unpaired) electrons. The average Bonchev–Trinajstić information content (AvgIpc) is 1.97. The van der Waals surface area contributed by atoms with Gasteiger partial charge in [-0.05, 0) is 19.4 Å². The van der Waals surface area contributed by atoms with E-state index in [1.54, 1.807) is 12.4 Å². The topological polar surface area (TPSA) is 24.7 Å². The monoisotopic (exact) mass is 150 g/mol. The smallest absolute Gasteiger partial charge is 0.0581 e. The molecule has 0 aliphatic rings. The number of hydrogen-bond donors (Lipinski definition) is 0. The van der Waals surface area contributed by atoms with E-state index in [-0.39, 0.29) is 0 Å². The van der Waals surface area contributed by atoms with Crippen molar-refractivity contribution in [2.45, 2.75) is 13.8 Å². The molecule has 0 saturated carbocycles. The van der Waals surface area contributed by atoms with E-state index in [1.165, 1.54) is 0 Å². The molecule has 0 N–H and O–H groups in total. The van der Waals surface area contributed by atoms with Crippen LogP contribution in [0.4, 0.5) is 0 Å². The fourth-order valence-electron chi connectivity index (χ4n) is 0.386. The lowest BCUT2D eigenvalue weighted by molar-refractivity contribution is 1.14. The molecule has 0 aliphatic heterocycles. The van der Waals surface area contributed by atoms with Crippen LogP contribution in [0.15, 0.2) is 34.4 Å². The Morgan fingerprint density at radius 1 is 1.36 bits per heavy atom. The minimum absolute atomic E-state index is 0.701. The highest BCUT2D eigenvalue weighted by Crippen LogP contribution is 2.02. The summed E-state index contributed by atoms with van der Waals surface area (Å²) in [5.74, 6) is 0. The third-order valence-electron chi connectivity index (χ3n) is 1.08. The first-order valence-corrected chi connectivity index (χ1v) is 3.55. The van der Waals surface area contributed by atoms with Gasteiger partial charge in [0, 0.05) is 19.0 Å². The Labute approximate surface area is 68.1 Å². The normalized spacial score (nSPS) is 11.1. The van der Waals surface area contributed by atoms with Gasteiger partial charge in [0.1, 0.15) is 0 Å². The van der Waals surface area contributed by atoms with Gasteiger partial charge in [0.05, 0.1) is 5.70 Å². The van der Waals surface area contributed by atoms with Crippen LogP contribution in [0.5, 0.6) is 0 Å². The van der Waals surface area contributed by atoms with Crippen molar-refractivity contribution in [2.75, 3.05) is 6.54 Å². The zero-order valence-electron chi connectivity index (χ0n) is 7.17. The van der Waals surface area contributed by atoms with Crippen molar-refractivity contribution in [1.29, 1.82) is 0 Å². The minimum Gasteiger partial charge on any atom is -0.292 e. The molecule has 0 aromatic rings. The van der Waals surface area contributed by atoms with Crippen molar-refractivity contribution in [2.24, 2.45) is 9.98 Å². The molecule has 0 aromatic carbocycles. The summed E-state index contributed by atoms with van der Waals surface area (Å²) in [6, 6.07) is 0. The Kier molecular flexibility index (Phi) is 4.99. The fraction of sp³-hybridized carbons (Fsp3) is 0.333. The third kappa shape index (κ3) is 5.27. The molecule has 11 heavy (non-hydrogen) atoms. The van der Waals surface area contributed by atoms with E-state index in [4.69, 9.17) is 0 Å². The first-order chi connectivity index (χ1) is 5.18. The van der Waals surface area contributed by atoms with Crippen molar-refractivity contribution >= 4 is 12.4 Å². The molecule has 60 valence electrons. The lowest BCUT2D eigenvalue weighted by Crippen LogP contribution is -1.81. The highest BCUT2D eigenvalue weighted by atomic mass is 14.8. The van der Waals surface area contributed by atoms with Gasteiger partial charge in [0.2, 0.25) is 0 Å². The molecule has 0 atom stereocenters. The molecule has 0 spiro atoms. The molecule has 2 nitrogen and oxygen atoms in total. The maximum absolute atomic E-state index is 3.99. The number of rotatable bonds is 4. The molecule has 0 aromatic heterocycles. The summed E-state index contributed by atoms with van der Waals surface area (Å²) in [6.45, 7) is 12.0. The summed E-state index contributed by atoms with van der Waals surface area (Å²) in [6.07, 6.45) is 3.29. The molecule has 0 saturated heterocycles. The van der Waals surface area contributed by atoms with E-state index in [2.05, 4.69) is 23.1 Å². The Morgan fingerprint density at radius 2 is 2.00 bits per heavy atom. The van der Waals surface area contributed by atoms with E-state index >= 15 is 0 Å². The largest absolute Gasteiger partial charge is 0.292 e. The Balaban J connectivity index is 3.84. The highest BCUT2D eigenvalue weighted by molar-refractivity contribution is 6.16. The molecule has 2 heteroatoms. The lowest BCUT2D eigenvalue weighted by atomic mass is 10.3. The zero-order valence-corrected chi connectivity index (χ0v) is 7.17. The van der Waals surface area contributed by atoms with Gasteiger partial charge in [-0.3, -0.25) is 9.98 Å². The van der Waals surface area contributed by atoms with E-state index in [9.17, 15) is 0 Å². The van der Waals surface area contributed by atoms with Crippen molar-refractivity contribution < 1.29 is 0 Å². The Bertz CT molecular complexity index is 200. The second-order valence-electron chi connectivity index (χ2n) is 2.15. The van der Waals surface area contributed by atoms with Crippen molar-refractivity contribution in [1.82, 2.24) is 0 Å². The van der Waals surface area contributed by atoms with Crippen LogP contribution in [0.25, 0.3) is 0 Å². The first-order valence-electron chi connectivity index (χ1n) is 3.55. The van der Waals surface area contributed by atoms with E-state index in [1.807, 2.05) is 13.8 Å². The minimum atomic E-state index is 0.701. The van der Waals surface area contributed by atoms with Gasteiger partial charge in [-0.2, -0.15) is 0 Å². The van der Waals surface area contributed by atoms with Gasteiger partial charge in [-0.1, -0.05) is 13.2 Å². The van der Waals surface area contributed by atoms with Crippen molar-refractivity contribution in [3.63, 3.8) is 0 Å². The molecule has 0 amide bonds. The highest BCUT2D eigenvalue weighted by Gasteiger charge is 1.85. The maximum Gasteiger partial charge on any atom is 0.0581 e. The third-order valence-corrected chi connectivity index (χ3v) is 1.08. The van der Waals surface area contributed by atoms with Crippen LogP contribution >= 0.6 is 0 Å². The molecular weight excluding hydrogens is 136 g/mol. The molecular formula is C9H14N2. The quantitative estimate of drug-likeness (QED) is 0.433. The molecule has 0 unspecified atom stereocenters. The summed E-state index contributed by atoms with van der Waals surface area (Å²) < 4.78 is 0. The van der Waals surface area contributed by atoms with E-state index in [0.29, 0.717) is 5.70 Å². The van der Waals surface area contributed by atoms with Crippen LogP contribution in [0.3, 0.4) is 0 Å². The zero-order chi connectivity index (χ0) is 8.69. The predicted molar refractivity (Wildman–Crippen MR) is 51.5 cm³/mol.